The lowest BCUT2D eigenvalue weighted by molar-refractivity contribution is -0.115. The molecule has 0 aliphatic carbocycles. The molecule has 1 heterocycles. The number of halogens is 1. The number of carbonyl (C=O) groups excluding carboxylic acids is 1. The van der Waals surface area contributed by atoms with Crippen molar-refractivity contribution in [1.82, 2.24) is 9.78 Å². The van der Waals surface area contributed by atoms with E-state index in [-0.39, 0.29) is 17.2 Å². The predicted molar refractivity (Wildman–Crippen MR) is 110 cm³/mol. The van der Waals surface area contributed by atoms with E-state index in [4.69, 9.17) is 0 Å². The highest BCUT2D eigenvalue weighted by atomic mass is 32.2. The molecule has 2 aromatic carbocycles. The van der Waals surface area contributed by atoms with Crippen molar-refractivity contribution in [1.29, 1.82) is 0 Å². The van der Waals surface area contributed by atoms with E-state index in [1.807, 2.05) is 32.0 Å². The van der Waals surface area contributed by atoms with Crippen LogP contribution in [0.1, 0.15) is 18.1 Å². The van der Waals surface area contributed by atoms with E-state index in [2.05, 4.69) is 10.4 Å². The Morgan fingerprint density at radius 2 is 1.86 bits per heavy atom. The number of thioether (sulfide) groups is 1. The van der Waals surface area contributed by atoms with Crippen molar-refractivity contribution in [3.63, 3.8) is 0 Å². The Morgan fingerprint density at radius 1 is 1.11 bits per heavy atom. The zero-order valence-corrected chi connectivity index (χ0v) is 16.6. The fourth-order valence-corrected chi connectivity index (χ4v) is 3.33. The summed E-state index contributed by atoms with van der Waals surface area (Å²) >= 11 is 1.20. The van der Waals surface area contributed by atoms with Crippen LogP contribution >= 0.6 is 11.8 Å². The van der Waals surface area contributed by atoms with Gasteiger partial charge in [-0.3, -0.25) is 9.59 Å². The molecule has 1 atom stereocenters. The van der Waals surface area contributed by atoms with Gasteiger partial charge in [-0.25, -0.2) is 4.39 Å². The molecule has 144 valence electrons. The van der Waals surface area contributed by atoms with Gasteiger partial charge in [-0.15, -0.1) is 0 Å². The van der Waals surface area contributed by atoms with E-state index in [1.54, 1.807) is 25.1 Å². The monoisotopic (exact) mass is 397 g/mol. The van der Waals surface area contributed by atoms with Crippen LogP contribution in [0.5, 0.6) is 0 Å². The largest absolute Gasteiger partial charge is 0.323 e. The average molecular weight is 397 g/mol. The first kappa shape index (κ1) is 19.8. The third-order valence-electron chi connectivity index (χ3n) is 4.31. The highest BCUT2D eigenvalue weighted by molar-refractivity contribution is 8.00. The molecular weight excluding hydrogens is 377 g/mol. The molecule has 28 heavy (non-hydrogen) atoms. The normalized spacial score (nSPS) is 11.9. The third-order valence-corrected chi connectivity index (χ3v) is 5.34. The second-order valence-corrected chi connectivity index (χ2v) is 7.78. The first-order chi connectivity index (χ1) is 13.3. The van der Waals surface area contributed by atoms with Crippen LogP contribution in [0.2, 0.25) is 0 Å². The molecule has 0 bridgehead atoms. The van der Waals surface area contributed by atoms with Crippen LogP contribution in [-0.2, 0) is 4.79 Å². The maximum Gasteiger partial charge on any atom is 0.271 e. The molecule has 1 aromatic heterocycles. The van der Waals surface area contributed by atoms with Gasteiger partial charge in [0, 0.05) is 6.07 Å². The molecule has 0 radical (unpaired) electrons. The molecule has 1 unspecified atom stereocenters. The fraction of sp³-hybridized carbons (Fsp3) is 0.190. The molecule has 0 saturated heterocycles. The number of para-hydroxylation sites is 1. The summed E-state index contributed by atoms with van der Waals surface area (Å²) in [5.41, 5.74) is 2.73. The second kappa shape index (κ2) is 8.39. The number of aromatic nitrogens is 2. The van der Waals surface area contributed by atoms with Crippen molar-refractivity contribution in [2.45, 2.75) is 31.0 Å². The van der Waals surface area contributed by atoms with E-state index in [1.165, 1.54) is 34.6 Å². The molecule has 3 rings (SSSR count). The fourth-order valence-electron chi connectivity index (χ4n) is 2.53. The topological polar surface area (TPSA) is 64.0 Å². The summed E-state index contributed by atoms with van der Waals surface area (Å²) in [6, 6.07) is 14.7. The summed E-state index contributed by atoms with van der Waals surface area (Å²) in [6.07, 6.45) is 0. The molecule has 0 aliphatic heterocycles. The van der Waals surface area contributed by atoms with Crippen LogP contribution < -0.4 is 10.9 Å². The van der Waals surface area contributed by atoms with Gasteiger partial charge < -0.3 is 5.32 Å². The molecule has 5 nitrogen and oxygen atoms in total. The summed E-state index contributed by atoms with van der Waals surface area (Å²) in [6.45, 7) is 5.67. The van der Waals surface area contributed by atoms with Crippen molar-refractivity contribution in [2.75, 3.05) is 5.32 Å². The van der Waals surface area contributed by atoms with Gasteiger partial charge in [0.05, 0.1) is 16.6 Å². The zero-order chi connectivity index (χ0) is 20.3. The average Bonchev–Trinajstić information content (AvgIpc) is 2.67. The highest BCUT2D eigenvalue weighted by Crippen LogP contribution is 2.23. The maximum atomic E-state index is 13.7. The van der Waals surface area contributed by atoms with Crippen molar-refractivity contribution in [3.05, 3.63) is 81.9 Å². The second-order valence-electron chi connectivity index (χ2n) is 6.42. The number of carbonyl (C=O) groups is 1. The minimum absolute atomic E-state index is 0.132. The van der Waals surface area contributed by atoms with Gasteiger partial charge in [-0.05, 0) is 62.2 Å². The molecule has 1 N–H and O–H groups in total. The molecule has 0 saturated carbocycles. The van der Waals surface area contributed by atoms with Crippen LogP contribution in [-0.4, -0.2) is 20.9 Å². The lowest BCUT2D eigenvalue weighted by atomic mass is 10.1. The number of nitrogens with one attached hydrogen (secondary N) is 1. The first-order valence-electron chi connectivity index (χ1n) is 8.75. The minimum atomic E-state index is -0.530. The van der Waals surface area contributed by atoms with Gasteiger partial charge >= 0.3 is 0 Å². The Bertz CT molecular complexity index is 1080. The smallest absolute Gasteiger partial charge is 0.271 e. The number of rotatable bonds is 5. The summed E-state index contributed by atoms with van der Waals surface area (Å²) < 4.78 is 15.0. The van der Waals surface area contributed by atoms with Crippen LogP contribution in [0.3, 0.4) is 0 Å². The van der Waals surface area contributed by atoms with Crippen LogP contribution in [0, 0.1) is 19.7 Å². The number of hydrogen-bond acceptors (Lipinski definition) is 4. The lowest BCUT2D eigenvalue weighted by Gasteiger charge is -2.13. The van der Waals surface area contributed by atoms with E-state index in [0.717, 1.165) is 11.1 Å². The number of hydrogen-bond donors (Lipinski definition) is 1. The number of aryl methyl sites for hydroxylation is 2. The van der Waals surface area contributed by atoms with Crippen LogP contribution in [0.25, 0.3) is 5.69 Å². The Hall–Kier alpha value is -2.93. The SMILES string of the molecule is Cc1ccc(-n2nc(SC(C)C(=O)Nc3ccccc3F)ccc2=O)cc1C. The number of benzene rings is 2. The van der Waals surface area contributed by atoms with E-state index in [0.29, 0.717) is 10.7 Å². The molecule has 0 spiro atoms. The Balaban J connectivity index is 1.79. The standard InChI is InChI=1S/C21H20FN3O2S/c1-13-8-9-16(12-14(13)2)25-20(26)11-10-19(24-25)28-15(3)21(27)23-18-7-5-4-6-17(18)22/h4-12,15H,1-3H3,(H,23,27). The highest BCUT2D eigenvalue weighted by Gasteiger charge is 2.17. The van der Waals surface area contributed by atoms with Gasteiger partial charge in [0.2, 0.25) is 5.91 Å². The van der Waals surface area contributed by atoms with E-state index < -0.39 is 11.1 Å². The minimum Gasteiger partial charge on any atom is -0.323 e. The predicted octanol–water partition coefficient (Wildman–Crippen LogP) is 4.11. The van der Waals surface area contributed by atoms with Gasteiger partial charge in [0.25, 0.3) is 5.56 Å². The summed E-state index contributed by atoms with van der Waals surface area (Å²) in [5, 5.41) is 6.94. The van der Waals surface area contributed by atoms with Gasteiger partial charge in [-0.2, -0.15) is 9.78 Å². The molecule has 3 aromatic rings. The number of amides is 1. The molecule has 7 heteroatoms. The number of anilines is 1. The number of nitrogens with zero attached hydrogens (tertiary/aromatic N) is 2. The molecule has 0 aliphatic rings. The van der Waals surface area contributed by atoms with Gasteiger partial charge in [-0.1, -0.05) is 30.0 Å². The van der Waals surface area contributed by atoms with Crippen molar-refractivity contribution in [2.24, 2.45) is 0 Å². The third kappa shape index (κ3) is 4.48. The maximum absolute atomic E-state index is 13.7. The first-order valence-corrected chi connectivity index (χ1v) is 9.63. The Kier molecular flexibility index (Phi) is 5.94. The van der Waals surface area contributed by atoms with Crippen molar-refractivity contribution in [3.8, 4) is 5.69 Å². The Morgan fingerprint density at radius 3 is 2.57 bits per heavy atom. The van der Waals surface area contributed by atoms with E-state index in [9.17, 15) is 14.0 Å². The molecular formula is C21H20FN3O2S. The van der Waals surface area contributed by atoms with Gasteiger partial charge in [0.1, 0.15) is 10.8 Å². The van der Waals surface area contributed by atoms with Crippen molar-refractivity contribution < 1.29 is 9.18 Å². The zero-order valence-electron chi connectivity index (χ0n) is 15.8. The Labute approximate surface area is 166 Å². The summed E-state index contributed by atoms with van der Waals surface area (Å²) in [5.74, 6) is -0.838. The van der Waals surface area contributed by atoms with Gasteiger partial charge in [0.15, 0.2) is 0 Å². The summed E-state index contributed by atoms with van der Waals surface area (Å²) in [4.78, 5) is 24.6. The lowest BCUT2D eigenvalue weighted by Crippen LogP contribution is -2.24. The van der Waals surface area contributed by atoms with Crippen LogP contribution in [0.15, 0.2) is 64.4 Å². The van der Waals surface area contributed by atoms with Crippen molar-refractivity contribution >= 4 is 23.4 Å². The molecule has 0 fully saturated rings. The summed E-state index contributed by atoms with van der Waals surface area (Å²) in [7, 11) is 0. The quantitative estimate of drug-likeness (QED) is 0.658. The van der Waals surface area contributed by atoms with E-state index >= 15 is 0 Å². The van der Waals surface area contributed by atoms with Crippen LogP contribution in [0.4, 0.5) is 10.1 Å². The molecule has 1 amide bonds.